The third-order valence-electron chi connectivity index (χ3n) is 3.63. The van der Waals surface area contributed by atoms with Crippen LogP contribution < -0.4 is 0 Å². The molecule has 0 spiro atoms. The summed E-state index contributed by atoms with van der Waals surface area (Å²) < 4.78 is 2.14. The molecule has 0 fully saturated rings. The molecule has 3 nitrogen and oxygen atoms in total. The van der Waals surface area contributed by atoms with Crippen molar-refractivity contribution in [1.29, 1.82) is 0 Å². The van der Waals surface area contributed by atoms with Crippen LogP contribution in [0.4, 0.5) is 0 Å². The Morgan fingerprint density at radius 3 is 2.58 bits per heavy atom. The van der Waals surface area contributed by atoms with Gasteiger partial charge in [0.1, 0.15) is 0 Å². The third kappa shape index (κ3) is 2.50. The van der Waals surface area contributed by atoms with E-state index in [2.05, 4.69) is 23.6 Å². The van der Waals surface area contributed by atoms with Crippen molar-refractivity contribution in [3.63, 3.8) is 0 Å². The molecule has 1 N–H and O–H groups in total. The molecule has 1 aromatic carbocycles. The van der Waals surface area contributed by atoms with Gasteiger partial charge in [-0.25, -0.2) is 4.79 Å². The minimum atomic E-state index is -0.837. The summed E-state index contributed by atoms with van der Waals surface area (Å²) in [6, 6.07) is 6.01. The Hall–Kier alpha value is -1.77. The van der Waals surface area contributed by atoms with Gasteiger partial charge in [0, 0.05) is 17.6 Å². The van der Waals surface area contributed by atoms with Crippen LogP contribution in [0.1, 0.15) is 48.3 Å². The third-order valence-corrected chi connectivity index (χ3v) is 3.63. The van der Waals surface area contributed by atoms with E-state index in [0.29, 0.717) is 5.56 Å². The summed E-state index contributed by atoms with van der Waals surface area (Å²) in [7, 11) is 0. The zero-order valence-electron chi connectivity index (χ0n) is 11.9. The number of rotatable bonds is 5. The molecule has 0 saturated carbocycles. The maximum atomic E-state index is 11.5. The zero-order valence-corrected chi connectivity index (χ0v) is 11.9. The minimum Gasteiger partial charge on any atom is -0.478 e. The van der Waals surface area contributed by atoms with Crippen LogP contribution in [0.5, 0.6) is 0 Å². The van der Waals surface area contributed by atoms with Crippen LogP contribution in [0.2, 0.25) is 0 Å². The van der Waals surface area contributed by atoms with Crippen molar-refractivity contribution < 1.29 is 9.90 Å². The van der Waals surface area contributed by atoms with Gasteiger partial charge in [-0.2, -0.15) is 0 Å². The van der Waals surface area contributed by atoms with Gasteiger partial charge in [0.25, 0.3) is 0 Å². The average Bonchev–Trinajstić information content (AvgIpc) is 2.70. The van der Waals surface area contributed by atoms with Gasteiger partial charge in [0.2, 0.25) is 0 Å². The van der Waals surface area contributed by atoms with Crippen molar-refractivity contribution in [3.8, 4) is 0 Å². The normalized spacial score (nSPS) is 11.1. The second-order valence-electron chi connectivity index (χ2n) is 5.03. The lowest BCUT2D eigenvalue weighted by atomic mass is 10.0. The SMILES string of the molecule is CCCCn1c(C)cc2cc(CC)cc(C(=O)O)c21. The molecule has 1 aromatic heterocycles. The lowest BCUT2D eigenvalue weighted by Crippen LogP contribution is -2.06. The number of hydrogen-bond acceptors (Lipinski definition) is 1. The number of fused-ring (bicyclic) bond motifs is 1. The van der Waals surface area contributed by atoms with E-state index in [1.165, 1.54) is 0 Å². The van der Waals surface area contributed by atoms with Crippen molar-refractivity contribution >= 4 is 16.9 Å². The number of carboxylic acid groups (broad SMARTS) is 1. The number of hydrogen-bond donors (Lipinski definition) is 1. The van der Waals surface area contributed by atoms with Gasteiger partial charge in [0.15, 0.2) is 0 Å². The second-order valence-corrected chi connectivity index (χ2v) is 5.03. The standard InChI is InChI=1S/C16H21NO2/c1-4-6-7-17-11(3)8-13-9-12(5-2)10-14(15(13)17)16(18)19/h8-10H,4-7H2,1-3H3,(H,18,19). The summed E-state index contributed by atoms with van der Waals surface area (Å²) in [5.74, 6) is -0.837. The number of aromatic nitrogens is 1. The van der Waals surface area contributed by atoms with Crippen molar-refractivity contribution in [1.82, 2.24) is 4.57 Å². The van der Waals surface area contributed by atoms with E-state index in [1.807, 2.05) is 19.9 Å². The van der Waals surface area contributed by atoms with Crippen LogP contribution in [0, 0.1) is 6.92 Å². The summed E-state index contributed by atoms with van der Waals surface area (Å²) in [6.45, 7) is 7.13. The van der Waals surface area contributed by atoms with E-state index < -0.39 is 5.97 Å². The van der Waals surface area contributed by atoms with Crippen molar-refractivity contribution in [2.45, 2.75) is 46.6 Å². The van der Waals surface area contributed by atoms with Gasteiger partial charge in [0.05, 0.1) is 11.1 Å². The predicted octanol–water partition coefficient (Wildman–Crippen LogP) is 4.01. The quantitative estimate of drug-likeness (QED) is 0.881. The lowest BCUT2D eigenvalue weighted by Gasteiger charge is -2.10. The fraction of sp³-hybridized carbons (Fsp3) is 0.438. The zero-order chi connectivity index (χ0) is 14.0. The molecule has 0 saturated heterocycles. The first-order valence-electron chi connectivity index (χ1n) is 6.94. The molecule has 2 rings (SSSR count). The van der Waals surface area contributed by atoms with Gasteiger partial charge in [-0.15, -0.1) is 0 Å². The molecule has 0 amide bonds. The second kappa shape index (κ2) is 5.47. The lowest BCUT2D eigenvalue weighted by molar-refractivity contribution is 0.0698. The van der Waals surface area contributed by atoms with Crippen molar-refractivity contribution in [3.05, 3.63) is 35.0 Å². The molecule has 102 valence electrons. The number of carbonyl (C=O) groups is 1. The molecule has 19 heavy (non-hydrogen) atoms. The van der Waals surface area contributed by atoms with Gasteiger partial charge in [-0.05, 0) is 43.5 Å². The Morgan fingerprint density at radius 1 is 1.26 bits per heavy atom. The highest BCUT2D eigenvalue weighted by atomic mass is 16.4. The molecule has 0 unspecified atom stereocenters. The van der Waals surface area contributed by atoms with Gasteiger partial charge < -0.3 is 9.67 Å². The highest BCUT2D eigenvalue weighted by Gasteiger charge is 2.15. The van der Waals surface area contributed by atoms with Gasteiger partial charge >= 0.3 is 5.97 Å². The highest BCUT2D eigenvalue weighted by molar-refractivity contribution is 6.03. The molecule has 3 heteroatoms. The molecule has 1 heterocycles. The van der Waals surface area contributed by atoms with Crippen LogP contribution in [-0.4, -0.2) is 15.6 Å². The minimum absolute atomic E-state index is 0.429. The first kappa shape index (κ1) is 13.7. The van der Waals surface area contributed by atoms with Crippen molar-refractivity contribution in [2.24, 2.45) is 0 Å². The average molecular weight is 259 g/mol. The summed E-state index contributed by atoms with van der Waals surface area (Å²) in [5.41, 5.74) is 3.52. The molecular weight excluding hydrogens is 238 g/mol. The first-order chi connectivity index (χ1) is 9.08. The summed E-state index contributed by atoms with van der Waals surface area (Å²) >= 11 is 0. The number of aromatic carboxylic acids is 1. The topological polar surface area (TPSA) is 42.2 Å². The molecule has 0 bridgehead atoms. The monoisotopic (exact) mass is 259 g/mol. The summed E-state index contributed by atoms with van der Waals surface area (Å²) in [4.78, 5) is 11.5. The van der Waals surface area contributed by atoms with E-state index in [-0.39, 0.29) is 0 Å². The maximum Gasteiger partial charge on any atom is 0.337 e. The van der Waals surface area contributed by atoms with E-state index in [0.717, 1.165) is 48.0 Å². The van der Waals surface area contributed by atoms with E-state index in [1.54, 1.807) is 0 Å². The first-order valence-corrected chi connectivity index (χ1v) is 6.94. The number of aryl methyl sites for hydroxylation is 3. The maximum absolute atomic E-state index is 11.5. The van der Waals surface area contributed by atoms with E-state index in [4.69, 9.17) is 0 Å². The molecule has 0 aliphatic heterocycles. The van der Waals surface area contributed by atoms with E-state index >= 15 is 0 Å². The van der Waals surface area contributed by atoms with E-state index in [9.17, 15) is 9.90 Å². The number of nitrogens with zero attached hydrogens (tertiary/aromatic N) is 1. The number of benzene rings is 1. The van der Waals surface area contributed by atoms with Crippen LogP contribution in [0.3, 0.4) is 0 Å². The fourth-order valence-electron chi connectivity index (χ4n) is 2.58. The highest BCUT2D eigenvalue weighted by Crippen LogP contribution is 2.26. The molecule has 0 atom stereocenters. The smallest absolute Gasteiger partial charge is 0.337 e. The van der Waals surface area contributed by atoms with Crippen LogP contribution in [0.25, 0.3) is 10.9 Å². The van der Waals surface area contributed by atoms with Crippen LogP contribution in [0.15, 0.2) is 18.2 Å². The molecule has 0 aliphatic carbocycles. The molecule has 0 radical (unpaired) electrons. The largest absolute Gasteiger partial charge is 0.478 e. The molecule has 0 aliphatic rings. The predicted molar refractivity (Wildman–Crippen MR) is 77.9 cm³/mol. The number of unbranched alkanes of at least 4 members (excludes halogenated alkanes) is 1. The molecule has 2 aromatic rings. The summed E-state index contributed by atoms with van der Waals surface area (Å²) in [5, 5.41) is 10.5. The Bertz CT molecular complexity index is 611. The number of carboxylic acids is 1. The summed E-state index contributed by atoms with van der Waals surface area (Å²) in [6.07, 6.45) is 3.03. The fourth-order valence-corrected chi connectivity index (χ4v) is 2.58. The Morgan fingerprint density at radius 2 is 2.00 bits per heavy atom. The Balaban J connectivity index is 2.69. The van der Waals surface area contributed by atoms with Crippen molar-refractivity contribution in [2.75, 3.05) is 0 Å². The van der Waals surface area contributed by atoms with Crippen LogP contribution in [-0.2, 0) is 13.0 Å². The van der Waals surface area contributed by atoms with Gasteiger partial charge in [-0.3, -0.25) is 0 Å². The van der Waals surface area contributed by atoms with Gasteiger partial charge in [-0.1, -0.05) is 20.3 Å². The molecular formula is C16H21NO2. The Kier molecular flexibility index (Phi) is 3.93. The Labute approximate surface area is 113 Å². The van der Waals surface area contributed by atoms with Crippen LogP contribution >= 0.6 is 0 Å².